The number of rotatable bonds is 8. The molecule has 1 atom stereocenters. The average Bonchev–Trinajstić information content (AvgIpc) is 2.38. The summed E-state index contributed by atoms with van der Waals surface area (Å²) in [5.41, 5.74) is 1.33. The molecule has 1 aromatic carbocycles. The molecule has 0 radical (unpaired) electrons. The Bertz CT molecular complexity index is 346. The van der Waals surface area contributed by atoms with Crippen molar-refractivity contribution >= 4 is 0 Å². The minimum Gasteiger partial charge on any atom is -0.379 e. The third-order valence-electron chi connectivity index (χ3n) is 3.58. The number of hydrogen-bond donors (Lipinski definition) is 1. The van der Waals surface area contributed by atoms with Gasteiger partial charge in [-0.15, -0.1) is 0 Å². The van der Waals surface area contributed by atoms with Crippen LogP contribution in [0.2, 0.25) is 0 Å². The van der Waals surface area contributed by atoms with Gasteiger partial charge in [0.15, 0.2) is 0 Å². The van der Waals surface area contributed by atoms with E-state index >= 15 is 0 Å². The normalized spacial score (nSPS) is 13.8. The van der Waals surface area contributed by atoms with Gasteiger partial charge in [-0.25, -0.2) is 0 Å². The molecule has 0 saturated carbocycles. The number of nitrogens with one attached hydrogen (secondary N) is 1. The van der Waals surface area contributed by atoms with Crippen LogP contribution < -0.4 is 5.32 Å². The highest BCUT2D eigenvalue weighted by atomic mass is 16.5. The molecule has 1 unspecified atom stereocenters. The lowest BCUT2D eigenvalue weighted by Gasteiger charge is -2.26. The van der Waals surface area contributed by atoms with Crippen LogP contribution in [-0.4, -0.2) is 19.3 Å². The molecule has 0 aliphatic carbocycles. The summed E-state index contributed by atoms with van der Waals surface area (Å²) < 4.78 is 5.47. The fourth-order valence-electron chi connectivity index (χ4n) is 2.14. The van der Waals surface area contributed by atoms with Gasteiger partial charge in [-0.05, 0) is 44.7 Å². The number of ether oxygens (including phenoxy) is 1. The maximum Gasteiger partial charge on any atom is 0.0634 e. The van der Waals surface area contributed by atoms with Gasteiger partial charge in [0.1, 0.15) is 0 Å². The van der Waals surface area contributed by atoms with Gasteiger partial charge >= 0.3 is 0 Å². The first-order chi connectivity index (χ1) is 8.94. The van der Waals surface area contributed by atoms with Crippen LogP contribution >= 0.6 is 0 Å². The van der Waals surface area contributed by atoms with Crippen molar-refractivity contribution in [2.75, 3.05) is 13.7 Å². The Hall–Kier alpha value is -0.860. The van der Waals surface area contributed by atoms with Crippen molar-refractivity contribution in [1.82, 2.24) is 5.32 Å². The van der Waals surface area contributed by atoms with Crippen LogP contribution in [0.1, 0.15) is 52.1 Å². The lowest BCUT2D eigenvalue weighted by atomic mass is 9.96. The van der Waals surface area contributed by atoms with Crippen molar-refractivity contribution in [2.24, 2.45) is 5.92 Å². The van der Waals surface area contributed by atoms with Gasteiger partial charge in [0.25, 0.3) is 0 Å². The van der Waals surface area contributed by atoms with Gasteiger partial charge in [0, 0.05) is 13.2 Å². The quantitative estimate of drug-likeness (QED) is 0.759. The molecule has 2 heteroatoms. The first-order valence-corrected chi connectivity index (χ1v) is 7.28. The molecule has 1 rings (SSSR count). The summed E-state index contributed by atoms with van der Waals surface area (Å²) in [6.07, 6.45) is 2.18. The highest BCUT2D eigenvalue weighted by Gasteiger charge is 2.18. The molecular formula is C17H29NO. The summed E-state index contributed by atoms with van der Waals surface area (Å²) in [6.45, 7) is 9.80. The largest absolute Gasteiger partial charge is 0.379 e. The fraction of sp³-hybridized carbons (Fsp3) is 0.647. The lowest BCUT2D eigenvalue weighted by molar-refractivity contribution is 0.0152. The molecule has 0 aromatic heterocycles. The maximum absolute atomic E-state index is 5.47. The van der Waals surface area contributed by atoms with Gasteiger partial charge in [-0.1, -0.05) is 44.2 Å². The number of benzene rings is 1. The monoisotopic (exact) mass is 263 g/mol. The Kier molecular flexibility index (Phi) is 6.53. The molecule has 0 spiro atoms. The zero-order chi connectivity index (χ0) is 14.3. The summed E-state index contributed by atoms with van der Waals surface area (Å²) in [7, 11) is 1.78. The van der Waals surface area contributed by atoms with E-state index < -0.39 is 0 Å². The van der Waals surface area contributed by atoms with Crippen LogP contribution in [0.4, 0.5) is 0 Å². The predicted octanol–water partition coefficient (Wildman–Crippen LogP) is 4.18. The van der Waals surface area contributed by atoms with Crippen LogP contribution in [0.15, 0.2) is 30.3 Å². The van der Waals surface area contributed by atoms with Gasteiger partial charge in [-0.2, -0.15) is 0 Å². The van der Waals surface area contributed by atoms with E-state index in [1.165, 1.54) is 5.56 Å². The molecule has 1 N–H and O–H groups in total. The standard InChI is InChI=1S/C17H29NO/c1-14(2)13-16(15-9-7-6-8-10-15)18-12-11-17(3,4)19-5/h6-10,14,16,18H,11-13H2,1-5H3. The van der Waals surface area contributed by atoms with Gasteiger partial charge < -0.3 is 10.1 Å². The van der Waals surface area contributed by atoms with Crippen molar-refractivity contribution in [3.8, 4) is 0 Å². The molecule has 0 heterocycles. The molecule has 0 saturated heterocycles. The van der Waals surface area contributed by atoms with E-state index in [4.69, 9.17) is 4.74 Å². The summed E-state index contributed by atoms with van der Waals surface area (Å²) >= 11 is 0. The minimum absolute atomic E-state index is 0.0495. The molecular weight excluding hydrogens is 234 g/mol. The van der Waals surface area contributed by atoms with E-state index in [0.717, 1.165) is 19.4 Å². The molecule has 108 valence electrons. The topological polar surface area (TPSA) is 21.3 Å². The Balaban J connectivity index is 2.56. The van der Waals surface area contributed by atoms with E-state index in [9.17, 15) is 0 Å². The number of methoxy groups -OCH3 is 1. The van der Waals surface area contributed by atoms with E-state index in [1.807, 2.05) is 0 Å². The van der Waals surface area contributed by atoms with Crippen molar-refractivity contribution < 1.29 is 4.74 Å². The maximum atomic E-state index is 5.47. The fourth-order valence-corrected chi connectivity index (χ4v) is 2.14. The number of hydrogen-bond acceptors (Lipinski definition) is 2. The van der Waals surface area contributed by atoms with Gasteiger partial charge in [0.2, 0.25) is 0 Å². The van der Waals surface area contributed by atoms with Crippen molar-refractivity contribution in [2.45, 2.75) is 52.2 Å². The summed E-state index contributed by atoms with van der Waals surface area (Å²) in [5, 5.41) is 3.68. The average molecular weight is 263 g/mol. The van der Waals surface area contributed by atoms with Crippen LogP contribution in [0.25, 0.3) is 0 Å². The second-order valence-electron chi connectivity index (χ2n) is 6.26. The van der Waals surface area contributed by atoms with E-state index in [2.05, 4.69) is 63.3 Å². The Labute approximate surface area is 118 Å². The molecule has 0 aliphatic rings. The minimum atomic E-state index is -0.0495. The molecule has 0 bridgehead atoms. The lowest BCUT2D eigenvalue weighted by Crippen LogP contribution is -2.31. The summed E-state index contributed by atoms with van der Waals surface area (Å²) in [4.78, 5) is 0. The third-order valence-corrected chi connectivity index (χ3v) is 3.58. The van der Waals surface area contributed by atoms with Crippen LogP contribution in [0.5, 0.6) is 0 Å². The van der Waals surface area contributed by atoms with E-state index in [-0.39, 0.29) is 5.60 Å². The Morgan fingerprint density at radius 3 is 2.32 bits per heavy atom. The Morgan fingerprint density at radius 1 is 1.16 bits per heavy atom. The van der Waals surface area contributed by atoms with Gasteiger partial charge in [0.05, 0.1) is 5.60 Å². The zero-order valence-corrected chi connectivity index (χ0v) is 13.1. The van der Waals surface area contributed by atoms with Crippen molar-refractivity contribution in [3.63, 3.8) is 0 Å². The molecule has 2 nitrogen and oxygen atoms in total. The molecule has 0 amide bonds. The second kappa shape index (κ2) is 7.66. The first kappa shape index (κ1) is 16.2. The Morgan fingerprint density at radius 2 is 1.79 bits per heavy atom. The molecule has 1 aromatic rings. The predicted molar refractivity (Wildman–Crippen MR) is 82.3 cm³/mol. The molecule has 0 aliphatic heterocycles. The summed E-state index contributed by atoms with van der Waals surface area (Å²) in [6, 6.07) is 11.2. The third kappa shape index (κ3) is 6.22. The second-order valence-corrected chi connectivity index (χ2v) is 6.26. The van der Waals surface area contributed by atoms with E-state index in [0.29, 0.717) is 12.0 Å². The SMILES string of the molecule is COC(C)(C)CCNC(CC(C)C)c1ccccc1. The van der Waals surface area contributed by atoms with Crippen molar-refractivity contribution in [1.29, 1.82) is 0 Å². The summed E-state index contributed by atoms with van der Waals surface area (Å²) in [5.74, 6) is 0.688. The highest BCUT2D eigenvalue weighted by molar-refractivity contribution is 5.18. The van der Waals surface area contributed by atoms with Crippen molar-refractivity contribution in [3.05, 3.63) is 35.9 Å². The molecule has 19 heavy (non-hydrogen) atoms. The van der Waals surface area contributed by atoms with Crippen LogP contribution in [-0.2, 0) is 4.74 Å². The van der Waals surface area contributed by atoms with Crippen LogP contribution in [0, 0.1) is 5.92 Å². The zero-order valence-electron chi connectivity index (χ0n) is 13.1. The first-order valence-electron chi connectivity index (χ1n) is 7.28. The smallest absolute Gasteiger partial charge is 0.0634 e. The van der Waals surface area contributed by atoms with Crippen LogP contribution in [0.3, 0.4) is 0 Å². The highest BCUT2D eigenvalue weighted by Crippen LogP contribution is 2.21. The molecule has 0 fully saturated rings. The van der Waals surface area contributed by atoms with Gasteiger partial charge in [-0.3, -0.25) is 0 Å². The van der Waals surface area contributed by atoms with E-state index in [1.54, 1.807) is 7.11 Å².